The zero-order valence-electron chi connectivity index (χ0n) is 45.1. The summed E-state index contributed by atoms with van der Waals surface area (Å²) >= 11 is 0. The predicted octanol–water partition coefficient (Wildman–Crippen LogP) is 19.6. The summed E-state index contributed by atoms with van der Waals surface area (Å²) in [6.45, 7) is 6.45. The van der Waals surface area contributed by atoms with E-state index in [1.54, 1.807) is 0 Å². The lowest BCUT2D eigenvalue weighted by atomic mass is 10.0. The number of allylic oxidation sites excluding steroid dienone is 10. The Morgan fingerprint density at radius 1 is 0.309 bits per heavy atom. The first-order chi connectivity index (χ1) is 33.5. The van der Waals surface area contributed by atoms with Gasteiger partial charge in [0.25, 0.3) is 0 Å². The van der Waals surface area contributed by atoms with Crippen molar-refractivity contribution in [2.75, 3.05) is 13.2 Å². The first kappa shape index (κ1) is 65.1. The van der Waals surface area contributed by atoms with Crippen molar-refractivity contribution in [2.45, 2.75) is 303 Å². The average molecular weight is 952 g/mol. The summed E-state index contributed by atoms with van der Waals surface area (Å²) in [5, 5.41) is 0. The van der Waals surface area contributed by atoms with E-state index in [-0.39, 0.29) is 31.1 Å². The Labute approximate surface area is 421 Å². The standard InChI is InChI=1S/C62H110O6/c1-4-7-10-13-15-17-19-20-21-22-23-24-25-26-27-28-29-30-31-32-33-34-35-36-37-38-39-40-41-42-43-45-46-49-52-55-61(64)67-58-59(57-66-60(63)54-51-48-12-9-6-3)68-62(65)56-53-50-47-44-18-16-14-11-8-5-2/h7,10,15,17,20-21,23-24,26-27,59H,4-6,8-9,11-14,16,18-19,22,25,28-58H2,1-3H3/b10-7-,17-15-,21-20-,24-23-,27-26-. The van der Waals surface area contributed by atoms with Gasteiger partial charge in [-0.2, -0.15) is 0 Å². The molecule has 0 heterocycles. The van der Waals surface area contributed by atoms with E-state index in [0.29, 0.717) is 19.3 Å². The third-order valence-corrected chi connectivity index (χ3v) is 12.8. The van der Waals surface area contributed by atoms with Crippen molar-refractivity contribution in [3.8, 4) is 0 Å². The van der Waals surface area contributed by atoms with Crippen LogP contribution in [0.5, 0.6) is 0 Å². The molecule has 0 spiro atoms. The molecule has 0 aromatic heterocycles. The SMILES string of the molecule is CC/C=C\C/C=C\C/C=C\C/C=C\C/C=C\CCCCCCCCCCCCCCCCCCCCCC(=O)OCC(COC(=O)CCCCCCC)OC(=O)CCCCCCCCCCCC. The number of carbonyl (C=O) groups excluding carboxylic acids is 3. The predicted molar refractivity (Wildman–Crippen MR) is 293 cm³/mol. The highest BCUT2D eigenvalue weighted by Crippen LogP contribution is 2.17. The average Bonchev–Trinajstić information content (AvgIpc) is 3.34. The van der Waals surface area contributed by atoms with Gasteiger partial charge in [0.1, 0.15) is 13.2 Å². The van der Waals surface area contributed by atoms with Gasteiger partial charge in [0.15, 0.2) is 6.10 Å². The Morgan fingerprint density at radius 2 is 0.574 bits per heavy atom. The van der Waals surface area contributed by atoms with Crippen LogP contribution >= 0.6 is 0 Å². The second-order valence-corrected chi connectivity index (χ2v) is 19.5. The maximum atomic E-state index is 12.7. The van der Waals surface area contributed by atoms with Crippen molar-refractivity contribution >= 4 is 17.9 Å². The van der Waals surface area contributed by atoms with Crippen molar-refractivity contribution in [3.05, 3.63) is 60.8 Å². The van der Waals surface area contributed by atoms with Crippen molar-refractivity contribution < 1.29 is 28.6 Å². The lowest BCUT2D eigenvalue weighted by Gasteiger charge is -2.18. The lowest BCUT2D eigenvalue weighted by molar-refractivity contribution is -0.167. The molecule has 0 radical (unpaired) electrons. The van der Waals surface area contributed by atoms with Gasteiger partial charge >= 0.3 is 17.9 Å². The van der Waals surface area contributed by atoms with Crippen molar-refractivity contribution in [2.24, 2.45) is 0 Å². The van der Waals surface area contributed by atoms with Crippen LogP contribution in [0.25, 0.3) is 0 Å². The van der Waals surface area contributed by atoms with E-state index < -0.39 is 6.10 Å². The van der Waals surface area contributed by atoms with Gasteiger partial charge in [0, 0.05) is 19.3 Å². The number of rotatable bonds is 53. The molecule has 0 aromatic carbocycles. The minimum absolute atomic E-state index is 0.0688. The summed E-state index contributed by atoms with van der Waals surface area (Å²) in [6, 6.07) is 0. The van der Waals surface area contributed by atoms with Gasteiger partial charge in [-0.3, -0.25) is 14.4 Å². The highest BCUT2D eigenvalue weighted by molar-refractivity contribution is 5.71. The lowest BCUT2D eigenvalue weighted by Crippen LogP contribution is -2.30. The summed E-state index contributed by atoms with van der Waals surface area (Å²) in [7, 11) is 0. The van der Waals surface area contributed by atoms with Gasteiger partial charge in [0.05, 0.1) is 0 Å². The minimum atomic E-state index is -0.763. The number of ether oxygens (including phenoxy) is 3. The van der Waals surface area contributed by atoms with Gasteiger partial charge in [-0.05, 0) is 64.2 Å². The molecule has 1 unspecified atom stereocenters. The van der Waals surface area contributed by atoms with E-state index in [9.17, 15) is 14.4 Å². The van der Waals surface area contributed by atoms with Crippen LogP contribution in [0.2, 0.25) is 0 Å². The molecule has 0 aliphatic rings. The van der Waals surface area contributed by atoms with Crippen LogP contribution in [-0.4, -0.2) is 37.2 Å². The van der Waals surface area contributed by atoms with Gasteiger partial charge in [-0.15, -0.1) is 0 Å². The van der Waals surface area contributed by atoms with Crippen LogP contribution in [0, 0.1) is 0 Å². The van der Waals surface area contributed by atoms with E-state index in [1.807, 2.05) is 0 Å². The summed E-state index contributed by atoms with van der Waals surface area (Å²) in [4.78, 5) is 37.6. The molecule has 0 aliphatic heterocycles. The molecule has 0 bridgehead atoms. The quantitative estimate of drug-likeness (QED) is 0.0262. The molecule has 6 heteroatoms. The highest BCUT2D eigenvalue weighted by Gasteiger charge is 2.19. The molecule has 6 nitrogen and oxygen atoms in total. The van der Waals surface area contributed by atoms with Crippen LogP contribution < -0.4 is 0 Å². The fraction of sp³-hybridized carbons (Fsp3) is 0.790. The maximum absolute atomic E-state index is 12.7. The smallest absolute Gasteiger partial charge is 0.306 e. The van der Waals surface area contributed by atoms with E-state index in [1.165, 1.54) is 161 Å². The monoisotopic (exact) mass is 951 g/mol. The van der Waals surface area contributed by atoms with Crippen LogP contribution in [0.4, 0.5) is 0 Å². The van der Waals surface area contributed by atoms with E-state index in [4.69, 9.17) is 14.2 Å². The molecule has 394 valence electrons. The second kappa shape index (κ2) is 56.7. The summed E-state index contributed by atoms with van der Waals surface area (Å²) in [5.74, 6) is -0.874. The fourth-order valence-electron chi connectivity index (χ4n) is 8.41. The Morgan fingerprint density at radius 3 is 0.897 bits per heavy atom. The third-order valence-electron chi connectivity index (χ3n) is 12.8. The molecule has 0 rings (SSSR count). The second-order valence-electron chi connectivity index (χ2n) is 19.5. The Kier molecular flexibility index (Phi) is 54.3. The van der Waals surface area contributed by atoms with Gasteiger partial charge in [0.2, 0.25) is 0 Å². The Bertz CT molecular complexity index is 1230. The van der Waals surface area contributed by atoms with Crippen LogP contribution in [-0.2, 0) is 28.6 Å². The molecule has 68 heavy (non-hydrogen) atoms. The van der Waals surface area contributed by atoms with Crippen LogP contribution in [0.3, 0.4) is 0 Å². The van der Waals surface area contributed by atoms with Crippen molar-refractivity contribution in [3.63, 3.8) is 0 Å². The molecule has 0 saturated heterocycles. The summed E-state index contributed by atoms with van der Waals surface area (Å²) in [6.07, 6.45) is 71.5. The highest BCUT2D eigenvalue weighted by atomic mass is 16.6. The molecule has 1 atom stereocenters. The van der Waals surface area contributed by atoms with E-state index in [2.05, 4.69) is 81.5 Å². The van der Waals surface area contributed by atoms with E-state index >= 15 is 0 Å². The number of unbranched alkanes of at least 4 members (excludes halogenated alkanes) is 32. The van der Waals surface area contributed by atoms with E-state index in [0.717, 1.165) is 96.3 Å². The van der Waals surface area contributed by atoms with Gasteiger partial charge in [-0.25, -0.2) is 0 Å². The fourth-order valence-corrected chi connectivity index (χ4v) is 8.41. The van der Waals surface area contributed by atoms with Crippen LogP contribution in [0.1, 0.15) is 297 Å². The first-order valence-electron chi connectivity index (χ1n) is 29.3. The molecule has 0 saturated carbocycles. The zero-order chi connectivity index (χ0) is 49.3. The molecule has 0 fully saturated rings. The molecule has 0 N–H and O–H groups in total. The normalized spacial score (nSPS) is 12.5. The third kappa shape index (κ3) is 54.1. The van der Waals surface area contributed by atoms with Gasteiger partial charge < -0.3 is 14.2 Å². The number of esters is 3. The zero-order valence-corrected chi connectivity index (χ0v) is 45.1. The molecule has 0 amide bonds. The van der Waals surface area contributed by atoms with Crippen molar-refractivity contribution in [1.29, 1.82) is 0 Å². The first-order valence-corrected chi connectivity index (χ1v) is 29.3. The molecular weight excluding hydrogens is 841 g/mol. The number of hydrogen-bond donors (Lipinski definition) is 0. The minimum Gasteiger partial charge on any atom is -0.462 e. The Hall–Kier alpha value is -2.89. The Balaban J connectivity index is 3.82. The summed E-state index contributed by atoms with van der Waals surface area (Å²) < 4.78 is 16.7. The number of carbonyl (C=O) groups is 3. The number of hydrogen-bond acceptors (Lipinski definition) is 6. The topological polar surface area (TPSA) is 78.9 Å². The molecule has 0 aromatic rings. The molecule has 0 aliphatic carbocycles. The van der Waals surface area contributed by atoms with Crippen molar-refractivity contribution in [1.82, 2.24) is 0 Å². The van der Waals surface area contributed by atoms with Crippen LogP contribution in [0.15, 0.2) is 60.8 Å². The molecular formula is C62H110O6. The summed E-state index contributed by atoms with van der Waals surface area (Å²) in [5.41, 5.74) is 0. The largest absolute Gasteiger partial charge is 0.462 e. The maximum Gasteiger partial charge on any atom is 0.306 e. The van der Waals surface area contributed by atoms with Gasteiger partial charge in [-0.1, -0.05) is 274 Å².